The molecule has 0 unspecified atom stereocenters. The molecular formula is C24H32BrN3. The van der Waals surface area contributed by atoms with E-state index < -0.39 is 0 Å². The van der Waals surface area contributed by atoms with Crippen LogP contribution in [0, 0.1) is 5.41 Å². The van der Waals surface area contributed by atoms with Gasteiger partial charge in [-0.25, -0.2) is 4.98 Å². The van der Waals surface area contributed by atoms with Crippen molar-refractivity contribution in [3.63, 3.8) is 0 Å². The average molecular weight is 442 g/mol. The van der Waals surface area contributed by atoms with Gasteiger partial charge in [0.25, 0.3) is 0 Å². The van der Waals surface area contributed by atoms with Crippen LogP contribution in [0.5, 0.6) is 0 Å². The Labute approximate surface area is 177 Å². The summed E-state index contributed by atoms with van der Waals surface area (Å²) in [7, 11) is 0. The van der Waals surface area contributed by atoms with Gasteiger partial charge in [-0.2, -0.15) is 0 Å². The molecule has 0 atom stereocenters. The predicted molar refractivity (Wildman–Crippen MR) is 124 cm³/mol. The molecule has 0 saturated heterocycles. The molecule has 1 aromatic heterocycles. The van der Waals surface area contributed by atoms with Gasteiger partial charge in [-0.15, -0.1) is 0 Å². The van der Waals surface area contributed by atoms with E-state index >= 15 is 0 Å². The van der Waals surface area contributed by atoms with Crippen LogP contribution in [0.3, 0.4) is 0 Å². The Kier molecular flexibility index (Phi) is 6.82. The molecule has 4 rings (SSSR count). The monoisotopic (exact) mass is 441 g/mol. The minimum absolute atomic E-state index is 0.549. The maximum atomic E-state index is 4.52. The van der Waals surface area contributed by atoms with E-state index in [1.807, 2.05) is 18.2 Å². The molecule has 1 saturated carbocycles. The summed E-state index contributed by atoms with van der Waals surface area (Å²) in [5.74, 6) is 1.31. The molecule has 0 spiro atoms. The topological polar surface area (TPSA) is 40.7 Å². The summed E-state index contributed by atoms with van der Waals surface area (Å²) in [5, 5.41) is 3.30. The van der Waals surface area contributed by atoms with Gasteiger partial charge in [-0.05, 0) is 60.1 Å². The van der Waals surface area contributed by atoms with Gasteiger partial charge in [0.1, 0.15) is 0 Å². The number of nitrogens with one attached hydrogen (secondary N) is 2. The minimum Gasteiger partial charge on any atom is -0.326 e. The van der Waals surface area contributed by atoms with Crippen molar-refractivity contribution in [1.29, 1.82) is 0 Å². The van der Waals surface area contributed by atoms with Crippen LogP contribution in [0.25, 0.3) is 11.0 Å². The lowest BCUT2D eigenvalue weighted by Gasteiger charge is -2.28. The molecule has 0 amide bonds. The molecule has 0 bridgehead atoms. The van der Waals surface area contributed by atoms with E-state index in [9.17, 15) is 0 Å². The first-order valence-corrected chi connectivity index (χ1v) is 11.1. The van der Waals surface area contributed by atoms with Gasteiger partial charge in [0.15, 0.2) is 0 Å². The highest BCUT2D eigenvalue weighted by molar-refractivity contribution is 9.10. The quantitative estimate of drug-likeness (QED) is 0.429. The highest BCUT2D eigenvalue weighted by Gasteiger charge is 2.19. The summed E-state index contributed by atoms with van der Waals surface area (Å²) in [5.41, 5.74) is 5.02. The van der Waals surface area contributed by atoms with Gasteiger partial charge in [-0.3, -0.25) is 0 Å². The molecule has 2 aromatic carbocycles. The van der Waals surface area contributed by atoms with E-state index in [0.717, 1.165) is 27.1 Å². The van der Waals surface area contributed by atoms with Crippen molar-refractivity contribution in [2.45, 2.75) is 65.7 Å². The number of H-pyrrole nitrogens is 1. The number of benzene rings is 2. The Morgan fingerprint density at radius 3 is 2.25 bits per heavy atom. The fraction of sp³-hybridized carbons (Fsp3) is 0.458. The third kappa shape index (κ3) is 5.84. The zero-order chi connectivity index (χ0) is 20.1. The van der Waals surface area contributed by atoms with E-state index in [2.05, 4.69) is 83.2 Å². The number of rotatable bonds is 3. The molecule has 0 aliphatic heterocycles. The third-order valence-electron chi connectivity index (χ3n) is 5.49. The summed E-state index contributed by atoms with van der Waals surface area (Å²) in [4.78, 5) is 7.79. The van der Waals surface area contributed by atoms with Crippen LogP contribution in [0.15, 0.2) is 46.9 Å². The summed E-state index contributed by atoms with van der Waals surface area (Å²) >= 11 is 3.46. The van der Waals surface area contributed by atoms with Gasteiger partial charge in [0.05, 0.1) is 11.0 Å². The standard InChI is InChI=1S/C16H16BrN3.C8H16/c1-10(2)11-3-6-13(7-4-11)18-16-19-14-8-5-12(17)9-15(14)20-16;1-8(2)6-4-3-5-7-8/h3-10H,1-2H3,(H2,18,19,20);3-7H2,1-2H3. The third-order valence-corrected chi connectivity index (χ3v) is 5.98. The van der Waals surface area contributed by atoms with Crippen molar-refractivity contribution in [2.75, 3.05) is 5.32 Å². The summed E-state index contributed by atoms with van der Waals surface area (Å²) in [6.07, 6.45) is 7.31. The molecule has 1 aliphatic rings. The van der Waals surface area contributed by atoms with Crippen LogP contribution in [-0.2, 0) is 0 Å². The first-order valence-electron chi connectivity index (χ1n) is 10.3. The largest absolute Gasteiger partial charge is 0.326 e. The fourth-order valence-corrected chi connectivity index (χ4v) is 4.00. The summed E-state index contributed by atoms with van der Waals surface area (Å²) < 4.78 is 1.04. The molecule has 3 aromatic rings. The van der Waals surface area contributed by atoms with Crippen molar-refractivity contribution in [3.05, 3.63) is 52.5 Å². The Bertz CT molecular complexity index is 886. The van der Waals surface area contributed by atoms with Crippen LogP contribution >= 0.6 is 15.9 Å². The number of imidazole rings is 1. The zero-order valence-electron chi connectivity index (χ0n) is 17.5. The van der Waals surface area contributed by atoms with Crippen LogP contribution in [-0.4, -0.2) is 9.97 Å². The maximum Gasteiger partial charge on any atom is 0.205 e. The lowest BCUT2D eigenvalue weighted by atomic mass is 9.78. The second-order valence-corrected chi connectivity index (χ2v) is 9.79. The molecule has 150 valence electrons. The molecule has 2 N–H and O–H groups in total. The molecule has 1 fully saturated rings. The SMILES string of the molecule is CC(C)c1ccc(Nc2nc3ccc(Br)cc3[nH]2)cc1.CC1(C)CCCCC1. The van der Waals surface area contributed by atoms with Gasteiger partial charge in [0, 0.05) is 10.2 Å². The Morgan fingerprint density at radius 1 is 1.00 bits per heavy atom. The zero-order valence-corrected chi connectivity index (χ0v) is 19.1. The lowest BCUT2D eigenvalue weighted by molar-refractivity contribution is 0.244. The molecule has 1 aliphatic carbocycles. The van der Waals surface area contributed by atoms with Crippen molar-refractivity contribution in [3.8, 4) is 0 Å². The Balaban J connectivity index is 0.000000236. The van der Waals surface area contributed by atoms with E-state index in [-0.39, 0.29) is 0 Å². The van der Waals surface area contributed by atoms with E-state index in [1.54, 1.807) is 0 Å². The van der Waals surface area contributed by atoms with Crippen LogP contribution in [0.1, 0.15) is 71.3 Å². The first-order chi connectivity index (χ1) is 13.3. The lowest BCUT2D eigenvalue weighted by Crippen LogP contribution is -2.14. The number of hydrogen-bond donors (Lipinski definition) is 2. The number of halogens is 1. The van der Waals surface area contributed by atoms with Crippen LogP contribution < -0.4 is 5.32 Å². The van der Waals surface area contributed by atoms with Crippen molar-refractivity contribution in [2.24, 2.45) is 5.41 Å². The Hall–Kier alpha value is -1.81. The van der Waals surface area contributed by atoms with Gasteiger partial charge >= 0.3 is 0 Å². The molecule has 28 heavy (non-hydrogen) atoms. The van der Waals surface area contributed by atoms with Crippen molar-refractivity contribution in [1.82, 2.24) is 9.97 Å². The van der Waals surface area contributed by atoms with E-state index in [1.165, 1.54) is 37.7 Å². The number of aromatic amines is 1. The van der Waals surface area contributed by atoms with E-state index in [0.29, 0.717) is 11.3 Å². The van der Waals surface area contributed by atoms with Crippen molar-refractivity contribution < 1.29 is 0 Å². The van der Waals surface area contributed by atoms with E-state index in [4.69, 9.17) is 0 Å². The van der Waals surface area contributed by atoms with Crippen molar-refractivity contribution >= 4 is 38.6 Å². The smallest absolute Gasteiger partial charge is 0.205 e. The maximum absolute atomic E-state index is 4.52. The van der Waals surface area contributed by atoms with Gasteiger partial charge in [-0.1, -0.05) is 75.0 Å². The molecule has 1 heterocycles. The Morgan fingerprint density at radius 2 is 1.68 bits per heavy atom. The van der Waals surface area contributed by atoms with Crippen LogP contribution in [0.4, 0.5) is 11.6 Å². The molecule has 0 radical (unpaired) electrons. The van der Waals surface area contributed by atoms with Gasteiger partial charge < -0.3 is 10.3 Å². The second-order valence-electron chi connectivity index (χ2n) is 8.87. The number of nitrogens with zero attached hydrogens (tertiary/aromatic N) is 1. The number of fused-ring (bicyclic) bond motifs is 1. The van der Waals surface area contributed by atoms with Gasteiger partial charge in [0.2, 0.25) is 5.95 Å². The highest BCUT2D eigenvalue weighted by Crippen LogP contribution is 2.34. The average Bonchev–Trinajstić information content (AvgIpc) is 3.04. The fourth-order valence-electron chi connectivity index (χ4n) is 3.64. The molecular weight excluding hydrogens is 410 g/mol. The number of anilines is 2. The first kappa shape index (κ1) is 20.9. The summed E-state index contributed by atoms with van der Waals surface area (Å²) in [6.45, 7) is 9.15. The minimum atomic E-state index is 0.549. The number of hydrogen-bond acceptors (Lipinski definition) is 2. The summed E-state index contributed by atoms with van der Waals surface area (Å²) in [6, 6.07) is 14.5. The molecule has 3 nitrogen and oxygen atoms in total. The van der Waals surface area contributed by atoms with Crippen LogP contribution in [0.2, 0.25) is 0 Å². The molecule has 4 heteroatoms. The number of aromatic nitrogens is 2. The second kappa shape index (κ2) is 9.13. The normalized spacial score (nSPS) is 15.9. The predicted octanol–water partition coefficient (Wildman–Crippen LogP) is 8.17. The highest BCUT2D eigenvalue weighted by atomic mass is 79.9.